The Hall–Kier alpha value is -1.61. The van der Waals surface area contributed by atoms with Gasteiger partial charge in [0.25, 0.3) is 0 Å². The van der Waals surface area contributed by atoms with Crippen molar-refractivity contribution in [3.63, 3.8) is 0 Å². The summed E-state index contributed by atoms with van der Waals surface area (Å²) < 4.78 is 2.16. The van der Waals surface area contributed by atoms with Crippen LogP contribution in [-0.2, 0) is 13.1 Å². The molecule has 16 heavy (non-hydrogen) atoms. The van der Waals surface area contributed by atoms with Gasteiger partial charge in [-0.15, -0.1) is 0 Å². The molecular formula is C13H17N3. The van der Waals surface area contributed by atoms with Crippen LogP contribution in [0.25, 0.3) is 0 Å². The lowest BCUT2D eigenvalue weighted by molar-refractivity contribution is 0.719. The molecule has 0 saturated heterocycles. The maximum Gasteiger partial charge on any atom is 0.0642 e. The first-order valence-electron chi connectivity index (χ1n) is 5.64. The third kappa shape index (κ3) is 2.94. The van der Waals surface area contributed by atoms with E-state index in [1.54, 1.807) is 0 Å². The Kier molecular flexibility index (Phi) is 3.72. The third-order valence-electron chi connectivity index (χ3n) is 2.46. The molecule has 0 aliphatic heterocycles. The maximum atomic E-state index is 4.31. The summed E-state index contributed by atoms with van der Waals surface area (Å²) in [5.74, 6) is 0. The van der Waals surface area contributed by atoms with E-state index in [4.69, 9.17) is 0 Å². The summed E-state index contributed by atoms with van der Waals surface area (Å²) in [5.41, 5.74) is 2.41. The lowest BCUT2D eigenvalue weighted by Crippen LogP contribution is -2.11. The Morgan fingerprint density at radius 1 is 1.31 bits per heavy atom. The average Bonchev–Trinajstić information content (AvgIpc) is 2.75. The molecule has 0 bridgehead atoms. The molecule has 1 N–H and O–H groups in total. The zero-order valence-electron chi connectivity index (χ0n) is 9.56. The lowest BCUT2D eigenvalue weighted by Gasteiger charge is -2.01. The Balaban J connectivity index is 1.97. The largest absolute Gasteiger partial charge is 0.348 e. The highest BCUT2D eigenvalue weighted by Gasteiger charge is 1.98. The van der Waals surface area contributed by atoms with E-state index in [9.17, 15) is 0 Å². The van der Waals surface area contributed by atoms with Crippen LogP contribution in [0.1, 0.15) is 18.2 Å². The lowest BCUT2D eigenvalue weighted by atomic mass is 10.3. The molecule has 0 unspecified atom stereocenters. The van der Waals surface area contributed by atoms with Gasteiger partial charge in [0.05, 0.1) is 12.2 Å². The van der Waals surface area contributed by atoms with Gasteiger partial charge >= 0.3 is 0 Å². The average molecular weight is 215 g/mol. The molecule has 2 heterocycles. The van der Waals surface area contributed by atoms with E-state index in [1.165, 1.54) is 5.56 Å². The molecule has 0 aliphatic carbocycles. The van der Waals surface area contributed by atoms with Gasteiger partial charge in [-0.3, -0.25) is 4.98 Å². The van der Waals surface area contributed by atoms with Gasteiger partial charge in [-0.1, -0.05) is 13.0 Å². The van der Waals surface area contributed by atoms with E-state index in [-0.39, 0.29) is 0 Å². The van der Waals surface area contributed by atoms with Crippen molar-refractivity contribution < 1.29 is 0 Å². The smallest absolute Gasteiger partial charge is 0.0642 e. The van der Waals surface area contributed by atoms with Crippen molar-refractivity contribution in [1.29, 1.82) is 0 Å². The second-order valence-corrected chi connectivity index (χ2v) is 3.79. The van der Waals surface area contributed by atoms with Crippen LogP contribution in [0.2, 0.25) is 0 Å². The van der Waals surface area contributed by atoms with Gasteiger partial charge in [0.1, 0.15) is 0 Å². The highest BCUT2D eigenvalue weighted by Crippen LogP contribution is 2.04. The Bertz CT molecular complexity index is 420. The van der Waals surface area contributed by atoms with Gasteiger partial charge in [-0.05, 0) is 30.3 Å². The standard InChI is InChI=1S/C13H17N3/c1-2-14-9-12-6-8-16(10-12)11-13-5-3-4-7-15-13/h3-8,10,14H,2,9,11H2,1H3. The molecule has 0 aromatic carbocycles. The maximum absolute atomic E-state index is 4.31. The summed E-state index contributed by atoms with van der Waals surface area (Å²) in [6.45, 7) is 4.90. The number of aromatic nitrogens is 2. The van der Waals surface area contributed by atoms with Crippen LogP contribution >= 0.6 is 0 Å². The zero-order valence-corrected chi connectivity index (χ0v) is 9.56. The molecule has 2 aromatic rings. The first-order valence-corrected chi connectivity index (χ1v) is 5.64. The first-order chi connectivity index (χ1) is 7.88. The van der Waals surface area contributed by atoms with Crippen LogP contribution in [-0.4, -0.2) is 16.1 Å². The molecule has 0 saturated carbocycles. The molecule has 0 spiro atoms. The van der Waals surface area contributed by atoms with Crippen molar-refractivity contribution in [1.82, 2.24) is 14.9 Å². The van der Waals surface area contributed by atoms with E-state index in [0.29, 0.717) is 0 Å². The molecule has 0 atom stereocenters. The van der Waals surface area contributed by atoms with E-state index in [2.05, 4.69) is 40.3 Å². The second-order valence-electron chi connectivity index (χ2n) is 3.79. The molecule has 3 heteroatoms. The Labute approximate surface area is 96.1 Å². The third-order valence-corrected chi connectivity index (χ3v) is 2.46. The van der Waals surface area contributed by atoms with Crippen molar-refractivity contribution >= 4 is 0 Å². The van der Waals surface area contributed by atoms with E-state index < -0.39 is 0 Å². The van der Waals surface area contributed by atoms with E-state index in [0.717, 1.165) is 25.3 Å². The van der Waals surface area contributed by atoms with Crippen molar-refractivity contribution in [3.8, 4) is 0 Å². The summed E-state index contributed by atoms with van der Waals surface area (Å²) in [6, 6.07) is 8.15. The molecular weight excluding hydrogens is 198 g/mol. The summed E-state index contributed by atoms with van der Waals surface area (Å²) in [4.78, 5) is 4.31. The van der Waals surface area contributed by atoms with Crippen molar-refractivity contribution in [2.24, 2.45) is 0 Å². The molecule has 0 amide bonds. The van der Waals surface area contributed by atoms with Crippen LogP contribution in [0, 0.1) is 0 Å². The number of pyridine rings is 1. The minimum absolute atomic E-state index is 0.840. The number of hydrogen-bond acceptors (Lipinski definition) is 2. The van der Waals surface area contributed by atoms with E-state index in [1.807, 2.05) is 24.4 Å². The fourth-order valence-corrected chi connectivity index (χ4v) is 1.64. The fraction of sp³-hybridized carbons (Fsp3) is 0.308. The molecule has 84 valence electrons. The van der Waals surface area contributed by atoms with Crippen molar-refractivity contribution in [3.05, 3.63) is 54.1 Å². The van der Waals surface area contributed by atoms with Gasteiger partial charge < -0.3 is 9.88 Å². The number of rotatable bonds is 5. The number of hydrogen-bond donors (Lipinski definition) is 1. The monoisotopic (exact) mass is 215 g/mol. The predicted molar refractivity (Wildman–Crippen MR) is 65.2 cm³/mol. The molecule has 0 fully saturated rings. The minimum Gasteiger partial charge on any atom is -0.348 e. The van der Waals surface area contributed by atoms with Gasteiger partial charge in [0.15, 0.2) is 0 Å². The number of nitrogens with zero attached hydrogens (tertiary/aromatic N) is 2. The fourth-order valence-electron chi connectivity index (χ4n) is 1.64. The molecule has 2 aromatic heterocycles. The molecule has 0 aliphatic rings. The highest BCUT2D eigenvalue weighted by molar-refractivity contribution is 5.12. The summed E-state index contributed by atoms with van der Waals surface area (Å²) in [6.07, 6.45) is 6.09. The topological polar surface area (TPSA) is 29.9 Å². The van der Waals surface area contributed by atoms with Gasteiger partial charge in [0.2, 0.25) is 0 Å². The van der Waals surface area contributed by atoms with Crippen molar-refractivity contribution in [2.75, 3.05) is 6.54 Å². The van der Waals surface area contributed by atoms with Crippen LogP contribution in [0.5, 0.6) is 0 Å². The normalized spacial score (nSPS) is 10.6. The minimum atomic E-state index is 0.840. The molecule has 2 rings (SSSR count). The Morgan fingerprint density at radius 3 is 3.00 bits per heavy atom. The zero-order chi connectivity index (χ0) is 11.2. The van der Waals surface area contributed by atoms with Gasteiger partial charge in [-0.2, -0.15) is 0 Å². The summed E-state index contributed by atoms with van der Waals surface area (Å²) in [5, 5.41) is 3.31. The predicted octanol–water partition coefficient (Wildman–Crippen LogP) is 2.04. The van der Waals surface area contributed by atoms with Crippen LogP contribution < -0.4 is 5.32 Å². The Morgan fingerprint density at radius 2 is 2.25 bits per heavy atom. The first kappa shape index (κ1) is 10.9. The van der Waals surface area contributed by atoms with Gasteiger partial charge in [0, 0.05) is 25.1 Å². The SMILES string of the molecule is CCNCc1ccn(Cc2ccccn2)c1. The highest BCUT2D eigenvalue weighted by atomic mass is 15.0. The van der Waals surface area contributed by atoms with Gasteiger partial charge in [-0.25, -0.2) is 0 Å². The second kappa shape index (κ2) is 5.47. The summed E-state index contributed by atoms with van der Waals surface area (Å²) in [7, 11) is 0. The quantitative estimate of drug-likeness (QED) is 0.827. The van der Waals surface area contributed by atoms with Crippen molar-refractivity contribution in [2.45, 2.75) is 20.0 Å². The van der Waals surface area contributed by atoms with E-state index >= 15 is 0 Å². The molecule has 3 nitrogen and oxygen atoms in total. The molecule has 0 radical (unpaired) electrons. The summed E-state index contributed by atoms with van der Waals surface area (Å²) >= 11 is 0. The van der Waals surface area contributed by atoms with Crippen LogP contribution in [0.15, 0.2) is 42.9 Å². The number of nitrogens with one attached hydrogen (secondary N) is 1. The van der Waals surface area contributed by atoms with Crippen LogP contribution in [0.4, 0.5) is 0 Å². The van der Waals surface area contributed by atoms with Crippen LogP contribution in [0.3, 0.4) is 0 Å².